The number of nitrogens with one attached hydrogen (secondary N) is 1. The molecule has 2 bridgehead atoms. The van der Waals surface area contributed by atoms with E-state index in [0.717, 1.165) is 24.1 Å². The third-order valence-corrected chi connectivity index (χ3v) is 6.10. The predicted molar refractivity (Wildman–Crippen MR) is 96.1 cm³/mol. The van der Waals surface area contributed by atoms with Crippen LogP contribution in [0.3, 0.4) is 0 Å². The zero-order valence-corrected chi connectivity index (χ0v) is 14.5. The van der Waals surface area contributed by atoms with Gasteiger partial charge in [0, 0.05) is 11.8 Å². The van der Waals surface area contributed by atoms with Gasteiger partial charge >= 0.3 is 0 Å². The molecule has 0 saturated heterocycles. The highest BCUT2D eigenvalue weighted by atomic mass is 16.1. The molecule has 1 heterocycles. The lowest BCUT2D eigenvalue weighted by Gasteiger charge is -2.34. The molecule has 24 heavy (non-hydrogen) atoms. The minimum Gasteiger partial charge on any atom is -0.385 e. The molecule has 4 heteroatoms. The van der Waals surface area contributed by atoms with Crippen molar-refractivity contribution in [2.24, 2.45) is 34.5 Å². The first-order chi connectivity index (χ1) is 11.5. The molecule has 4 nitrogen and oxygen atoms in total. The van der Waals surface area contributed by atoms with E-state index < -0.39 is 0 Å². The number of benzene rings is 1. The molecule has 0 aromatic heterocycles. The molecule has 2 aliphatic carbocycles. The zero-order chi connectivity index (χ0) is 17.0. The maximum atomic E-state index is 12.1. The molecule has 3 aliphatic rings. The van der Waals surface area contributed by atoms with Crippen molar-refractivity contribution in [3.05, 3.63) is 41.0 Å². The average Bonchev–Trinajstić information content (AvgIpc) is 3.15. The minimum absolute atomic E-state index is 0.152. The number of rotatable bonds is 3. The molecule has 1 aliphatic heterocycles. The van der Waals surface area contributed by atoms with E-state index in [9.17, 15) is 4.79 Å². The molecule has 0 amide bonds. The van der Waals surface area contributed by atoms with Gasteiger partial charge in [0.05, 0.1) is 5.70 Å². The summed E-state index contributed by atoms with van der Waals surface area (Å²) in [6, 6.07) is 8.68. The van der Waals surface area contributed by atoms with Gasteiger partial charge in [0.25, 0.3) is 0 Å². The molecule has 126 valence electrons. The molecule has 4 rings (SSSR count). The second kappa shape index (κ2) is 5.47. The Bertz CT molecular complexity index is 745. The van der Waals surface area contributed by atoms with E-state index in [1.807, 2.05) is 0 Å². The molecule has 3 N–H and O–H groups in total. The van der Waals surface area contributed by atoms with Crippen LogP contribution < -0.4 is 11.2 Å². The van der Waals surface area contributed by atoms with E-state index in [0.29, 0.717) is 29.4 Å². The summed E-state index contributed by atoms with van der Waals surface area (Å²) in [5.74, 6) is 2.66. The summed E-state index contributed by atoms with van der Waals surface area (Å²) < 4.78 is 0. The van der Waals surface area contributed by atoms with Gasteiger partial charge in [-0.25, -0.2) is 0 Å². The van der Waals surface area contributed by atoms with E-state index in [4.69, 9.17) is 5.73 Å². The van der Waals surface area contributed by atoms with Gasteiger partial charge in [0.1, 0.15) is 11.6 Å². The van der Waals surface area contributed by atoms with Gasteiger partial charge in [-0.05, 0) is 54.2 Å². The Balaban J connectivity index is 1.77. The van der Waals surface area contributed by atoms with Crippen molar-refractivity contribution in [3.63, 3.8) is 0 Å². The number of carbonyl (C=O) groups excluding carboxylic acids is 1. The first-order valence-electron chi connectivity index (χ1n) is 8.91. The van der Waals surface area contributed by atoms with Crippen LogP contribution in [0.4, 0.5) is 0 Å². The molecule has 2 saturated carbocycles. The van der Waals surface area contributed by atoms with Crippen LogP contribution in [0.5, 0.6) is 0 Å². The number of hydrogen-bond donors (Lipinski definition) is 2. The van der Waals surface area contributed by atoms with Crippen LogP contribution in [-0.4, -0.2) is 11.6 Å². The van der Waals surface area contributed by atoms with E-state index in [2.05, 4.69) is 48.6 Å². The SMILES string of the molecule is CC(=O)C1CC2CC1C1=C(c3ccc(C(C)C)cc3)NN=C(N)C12. The highest BCUT2D eigenvalue weighted by Gasteiger charge is 2.54. The summed E-state index contributed by atoms with van der Waals surface area (Å²) in [5.41, 5.74) is 14.2. The first kappa shape index (κ1) is 15.4. The summed E-state index contributed by atoms with van der Waals surface area (Å²) >= 11 is 0. The van der Waals surface area contributed by atoms with Crippen molar-refractivity contribution < 1.29 is 4.79 Å². The molecular weight excluding hydrogens is 298 g/mol. The fraction of sp³-hybridized carbons (Fsp3) is 0.500. The summed E-state index contributed by atoms with van der Waals surface area (Å²) in [6.07, 6.45) is 2.03. The van der Waals surface area contributed by atoms with E-state index >= 15 is 0 Å². The Morgan fingerprint density at radius 1 is 1.25 bits per heavy atom. The summed E-state index contributed by atoms with van der Waals surface area (Å²) in [6.45, 7) is 6.13. The van der Waals surface area contributed by atoms with Crippen molar-refractivity contribution in [3.8, 4) is 0 Å². The van der Waals surface area contributed by atoms with E-state index in [1.54, 1.807) is 6.92 Å². The monoisotopic (exact) mass is 323 g/mol. The maximum Gasteiger partial charge on any atom is 0.133 e. The second-order valence-electron chi connectivity index (χ2n) is 7.79. The largest absolute Gasteiger partial charge is 0.385 e. The molecule has 0 spiro atoms. The third kappa shape index (κ3) is 2.20. The van der Waals surface area contributed by atoms with Crippen molar-refractivity contribution in [1.29, 1.82) is 0 Å². The fourth-order valence-electron chi connectivity index (χ4n) is 4.89. The normalized spacial score (nSPS) is 31.1. The predicted octanol–water partition coefficient (Wildman–Crippen LogP) is 3.26. The summed E-state index contributed by atoms with van der Waals surface area (Å²) in [4.78, 5) is 12.1. The lowest BCUT2D eigenvalue weighted by atomic mass is 9.74. The van der Waals surface area contributed by atoms with Gasteiger partial charge in [-0.15, -0.1) is 0 Å². The molecule has 4 unspecified atom stereocenters. The lowest BCUT2D eigenvalue weighted by molar-refractivity contribution is -0.121. The number of nitrogens with two attached hydrogens (primary N) is 1. The standard InChI is InChI=1S/C20H25N3O/c1-10(2)12-4-6-13(7-5-12)19-18-16-9-14(8-15(16)11(3)24)17(18)20(21)23-22-19/h4-7,10,14-17,22H,8-9H2,1-3H3,(H2,21,23). The third-order valence-electron chi connectivity index (χ3n) is 6.10. The van der Waals surface area contributed by atoms with Crippen molar-refractivity contribution >= 4 is 17.3 Å². The molecule has 0 radical (unpaired) electrons. The van der Waals surface area contributed by atoms with Crippen LogP contribution in [0.1, 0.15) is 50.7 Å². The number of Topliss-reactive ketones (excluding diaryl/α,β-unsaturated/α-hetero) is 1. The van der Waals surface area contributed by atoms with Crippen LogP contribution in [0.15, 0.2) is 34.9 Å². The minimum atomic E-state index is 0.152. The van der Waals surface area contributed by atoms with Crippen LogP contribution in [-0.2, 0) is 4.79 Å². The lowest BCUT2D eigenvalue weighted by Crippen LogP contribution is -2.39. The Morgan fingerprint density at radius 2 is 1.96 bits per heavy atom. The summed E-state index contributed by atoms with van der Waals surface area (Å²) in [7, 11) is 0. The topological polar surface area (TPSA) is 67.5 Å². The van der Waals surface area contributed by atoms with Gasteiger partial charge in [-0.3, -0.25) is 10.2 Å². The number of hydrogen-bond acceptors (Lipinski definition) is 4. The van der Waals surface area contributed by atoms with E-state index in [-0.39, 0.29) is 11.8 Å². The van der Waals surface area contributed by atoms with Crippen LogP contribution in [0, 0.1) is 23.7 Å². The van der Waals surface area contributed by atoms with E-state index in [1.165, 1.54) is 11.1 Å². The summed E-state index contributed by atoms with van der Waals surface area (Å²) in [5, 5.41) is 4.38. The Kier molecular flexibility index (Phi) is 3.52. The smallest absolute Gasteiger partial charge is 0.133 e. The number of hydrazone groups is 1. The maximum absolute atomic E-state index is 12.1. The van der Waals surface area contributed by atoms with Crippen LogP contribution in [0.2, 0.25) is 0 Å². The molecule has 4 atom stereocenters. The molecular formula is C20H25N3O. The molecule has 1 aromatic rings. The number of ketones is 1. The Morgan fingerprint density at radius 3 is 2.58 bits per heavy atom. The number of amidine groups is 1. The molecule has 2 fully saturated rings. The zero-order valence-electron chi connectivity index (χ0n) is 14.5. The van der Waals surface area contributed by atoms with Gasteiger partial charge in [0.2, 0.25) is 0 Å². The van der Waals surface area contributed by atoms with Crippen LogP contribution in [0.25, 0.3) is 5.70 Å². The number of carbonyl (C=O) groups is 1. The fourth-order valence-corrected chi connectivity index (χ4v) is 4.89. The van der Waals surface area contributed by atoms with Gasteiger partial charge in [0.15, 0.2) is 0 Å². The second-order valence-corrected chi connectivity index (χ2v) is 7.79. The Labute approximate surface area is 143 Å². The Hall–Kier alpha value is -2.10. The highest BCUT2D eigenvalue weighted by molar-refractivity contribution is 5.93. The van der Waals surface area contributed by atoms with Gasteiger partial charge in [-0.2, -0.15) is 5.10 Å². The number of fused-ring (bicyclic) bond motifs is 5. The number of nitrogens with zero attached hydrogens (tertiary/aromatic N) is 1. The van der Waals surface area contributed by atoms with Crippen molar-refractivity contribution in [2.75, 3.05) is 0 Å². The van der Waals surface area contributed by atoms with Crippen molar-refractivity contribution in [1.82, 2.24) is 5.43 Å². The van der Waals surface area contributed by atoms with Crippen LogP contribution >= 0.6 is 0 Å². The average molecular weight is 323 g/mol. The van der Waals surface area contributed by atoms with Gasteiger partial charge < -0.3 is 5.73 Å². The quantitative estimate of drug-likeness (QED) is 0.897. The first-order valence-corrected chi connectivity index (χ1v) is 8.91. The van der Waals surface area contributed by atoms with Crippen molar-refractivity contribution in [2.45, 2.75) is 39.5 Å². The van der Waals surface area contributed by atoms with Gasteiger partial charge in [-0.1, -0.05) is 38.1 Å². The molecule has 1 aromatic carbocycles. The highest BCUT2D eigenvalue weighted by Crippen LogP contribution is 2.57.